The largest absolute Gasteiger partial charge is 0.486 e. The van der Waals surface area contributed by atoms with Gasteiger partial charge in [-0.1, -0.05) is 27.7 Å². The van der Waals surface area contributed by atoms with Crippen molar-refractivity contribution in [2.45, 2.75) is 70.9 Å². The molecule has 7 heteroatoms. The molecule has 5 atom stereocenters. The van der Waals surface area contributed by atoms with E-state index in [-0.39, 0.29) is 28.6 Å². The molecule has 3 N–H and O–H groups in total. The van der Waals surface area contributed by atoms with E-state index in [0.29, 0.717) is 42.2 Å². The summed E-state index contributed by atoms with van der Waals surface area (Å²) in [5.74, 6) is 0.208. The van der Waals surface area contributed by atoms with Crippen molar-refractivity contribution in [1.82, 2.24) is 5.32 Å². The summed E-state index contributed by atoms with van der Waals surface area (Å²) in [7, 11) is 0. The average molecular weight is 445 g/mol. The van der Waals surface area contributed by atoms with Gasteiger partial charge in [-0.05, 0) is 36.8 Å². The van der Waals surface area contributed by atoms with Gasteiger partial charge >= 0.3 is 0 Å². The predicted octanol–water partition coefficient (Wildman–Crippen LogP) is 3.36. The minimum Gasteiger partial charge on any atom is -0.486 e. The summed E-state index contributed by atoms with van der Waals surface area (Å²) < 4.78 is 7.00. The molecule has 2 amide bonds. The van der Waals surface area contributed by atoms with Crippen molar-refractivity contribution in [2.24, 2.45) is 28.4 Å². The van der Waals surface area contributed by atoms with E-state index in [1.165, 1.54) is 0 Å². The fourth-order valence-corrected chi connectivity index (χ4v) is 7.60. The van der Waals surface area contributed by atoms with Crippen LogP contribution in [0.4, 0.5) is 0 Å². The first-order chi connectivity index (χ1) is 14.4. The SMILES string of the molecule is C[C@H]1CC[C@H]2C(C)(C)C(=O)[C@H](Cl)C[C@]23Oc2c(cc(C(N)=O)c4c2CNC4=O)C[C@]13C. The van der Waals surface area contributed by atoms with Crippen molar-refractivity contribution in [2.75, 3.05) is 0 Å². The quantitative estimate of drug-likeness (QED) is 0.649. The number of primary amides is 1. The standard InChI is InChI=1S/C24H29ClN2O4/c1-11-5-6-16-22(2,3)19(28)15(25)9-24(16)23(11,4)8-12-7-13(20(26)29)17-14(18(12)31-24)10-27-21(17)30/h7,11,15-16H,5-6,8-10H2,1-4H3,(H2,26,29)(H,27,30)/t11-,15+,16-,23+,24-/m0/s1. The van der Waals surface area contributed by atoms with Gasteiger partial charge in [0.05, 0.1) is 16.5 Å². The minimum atomic E-state index is -0.616. The molecule has 2 aliphatic carbocycles. The lowest BCUT2D eigenvalue weighted by molar-refractivity contribution is -0.207. The van der Waals surface area contributed by atoms with E-state index in [1.807, 2.05) is 13.8 Å². The molecule has 0 aromatic heterocycles. The number of Topliss-reactive ketones (excluding diaryl/α,β-unsaturated/α-hetero) is 1. The number of ether oxygens (including phenoxy) is 1. The molecule has 0 radical (unpaired) electrons. The number of halogens is 1. The normalized spacial score (nSPS) is 37.6. The maximum absolute atomic E-state index is 13.1. The van der Waals surface area contributed by atoms with Crippen molar-refractivity contribution in [3.05, 3.63) is 28.3 Å². The van der Waals surface area contributed by atoms with E-state index < -0.39 is 22.3 Å². The summed E-state index contributed by atoms with van der Waals surface area (Å²) in [6.45, 7) is 8.78. The van der Waals surface area contributed by atoms with Gasteiger partial charge in [-0.25, -0.2) is 0 Å². The Balaban J connectivity index is 1.76. The topological polar surface area (TPSA) is 98.5 Å². The van der Waals surface area contributed by atoms with Gasteiger partial charge in [0, 0.05) is 35.3 Å². The van der Waals surface area contributed by atoms with Crippen molar-refractivity contribution >= 4 is 29.2 Å². The Kier molecular flexibility index (Phi) is 4.19. The number of hydrogen-bond acceptors (Lipinski definition) is 4. The zero-order chi connectivity index (χ0) is 22.5. The van der Waals surface area contributed by atoms with Crippen LogP contribution in [0.3, 0.4) is 0 Å². The van der Waals surface area contributed by atoms with Gasteiger partial charge in [0.25, 0.3) is 5.91 Å². The molecule has 1 aromatic carbocycles. The van der Waals surface area contributed by atoms with Crippen LogP contribution in [0.1, 0.15) is 78.8 Å². The fourth-order valence-electron chi connectivity index (χ4n) is 7.09. The summed E-state index contributed by atoms with van der Waals surface area (Å²) in [5.41, 5.74) is 6.32. The molecule has 2 saturated carbocycles. The van der Waals surface area contributed by atoms with Crippen molar-refractivity contribution in [3.8, 4) is 5.75 Å². The third kappa shape index (κ3) is 2.43. The maximum atomic E-state index is 13.1. The number of benzene rings is 1. The molecule has 0 bridgehead atoms. The van der Waals surface area contributed by atoms with Crippen LogP contribution in [-0.2, 0) is 17.8 Å². The Labute approximate surface area is 187 Å². The number of rotatable bonds is 1. The highest BCUT2D eigenvalue weighted by molar-refractivity contribution is 6.32. The average Bonchev–Trinajstić information content (AvgIpc) is 3.07. The number of hydrogen-bond donors (Lipinski definition) is 2. The zero-order valence-corrected chi connectivity index (χ0v) is 19.2. The molecule has 2 fully saturated rings. The van der Waals surface area contributed by atoms with E-state index in [9.17, 15) is 14.4 Å². The van der Waals surface area contributed by atoms with Crippen LogP contribution >= 0.6 is 11.6 Å². The number of nitrogens with two attached hydrogens (primary N) is 1. The van der Waals surface area contributed by atoms with Crippen LogP contribution in [0, 0.1) is 22.7 Å². The number of nitrogens with one attached hydrogen (secondary N) is 1. The molecule has 0 saturated heterocycles. The smallest absolute Gasteiger partial charge is 0.252 e. The molecule has 1 aromatic rings. The summed E-state index contributed by atoms with van der Waals surface area (Å²) in [4.78, 5) is 37.7. The first kappa shape index (κ1) is 20.8. The number of alkyl halides is 1. The summed E-state index contributed by atoms with van der Waals surface area (Å²) in [6.07, 6.45) is 3.04. The van der Waals surface area contributed by atoms with Crippen LogP contribution in [0.2, 0.25) is 0 Å². The Morgan fingerprint density at radius 2 is 1.97 bits per heavy atom. The fraction of sp³-hybridized carbons (Fsp3) is 0.625. The molecular weight excluding hydrogens is 416 g/mol. The molecule has 6 nitrogen and oxygen atoms in total. The molecule has 0 unspecified atom stereocenters. The highest BCUT2D eigenvalue weighted by atomic mass is 35.5. The van der Waals surface area contributed by atoms with Crippen molar-refractivity contribution in [3.63, 3.8) is 0 Å². The monoisotopic (exact) mass is 444 g/mol. The highest BCUT2D eigenvalue weighted by Crippen LogP contribution is 2.66. The molecule has 4 aliphatic rings. The highest BCUT2D eigenvalue weighted by Gasteiger charge is 2.69. The predicted molar refractivity (Wildman–Crippen MR) is 116 cm³/mol. The van der Waals surface area contributed by atoms with Crippen LogP contribution in [-0.4, -0.2) is 28.6 Å². The van der Waals surface area contributed by atoms with E-state index in [2.05, 4.69) is 19.2 Å². The molecule has 31 heavy (non-hydrogen) atoms. The number of fused-ring (bicyclic) bond motifs is 3. The van der Waals surface area contributed by atoms with E-state index in [4.69, 9.17) is 22.1 Å². The van der Waals surface area contributed by atoms with E-state index in [0.717, 1.165) is 18.4 Å². The van der Waals surface area contributed by atoms with Crippen LogP contribution < -0.4 is 15.8 Å². The number of carbonyl (C=O) groups is 3. The van der Waals surface area contributed by atoms with Gasteiger partial charge in [0.2, 0.25) is 5.91 Å². The van der Waals surface area contributed by atoms with Gasteiger partial charge < -0.3 is 15.8 Å². The Bertz CT molecular complexity index is 1050. The lowest BCUT2D eigenvalue weighted by Gasteiger charge is -2.66. The van der Waals surface area contributed by atoms with E-state index in [1.54, 1.807) is 6.07 Å². The van der Waals surface area contributed by atoms with Crippen LogP contribution in [0.15, 0.2) is 6.07 Å². The molecule has 166 valence electrons. The Hall–Kier alpha value is -2.08. The molecule has 2 aliphatic heterocycles. The summed E-state index contributed by atoms with van der Waals surface area (Å²) >= 11 is 6.67. The number of ketones is 1. The van der Waals surface area contributed by atoms with Gasteiger partial charge in [0.1, 0.15) is 11.4 Å². The Morgan fingerprint density at radius 1 is 1.26 bits per heavy atom. The van der Waals surface area contributed by atoms with Crippen molar-refractivity contribution in [1.29, 1.82) is 0 Å². The summed E-state index contributed by atoms with van der Waals surface area (Å²) in [5, 5.41) is 2.20. The first-order valence-electron chi connectivity index (χ1n) is 11.1. The first-order valence-corrected chi connectivity index (χ1v) is 11.5. The van der Waals surface area contributed by atoms with Crippen LogP contribution in [0.25, 0.3) is 0 Å². The second kappa shape index (κ2) is 6.25. The molecule has 1 spiro atoms. The third-order valence-electron chi connectivity index (χ3n) is 8.99. The molecule has 5 rings (SSSR count). The Morgan fingerprint density at radius 3 is 2.65 bits per heavy atom. The second-order valence-electron chi connectivity index (χ2n) is 10.7. The number of carbonyl (C=O) groups excluding carboxylic acids is 3. The zero-order valence-electron chi connectivity index (χ0n) is 18.4. The van der Waals surface area contributed by atoms with Crippen molar-refractivity contribution < 1.29 is 19.1 Å². The number of amides is 2. The lowest BCUT2D eigenvalue weighted by atomic mass is 9.44. The summed E-state index contributed by atoms with van der Waals surface area (Å²) in [6, 6.07) is 1.74. The van der Waals surface area contributed by atoms with Gasteiger partial charge in [-0.3, -0.25) is 14.4 Å². The third-order valence-corrected chi connectivity index (χ3v) is 9.35. The van der Waals surface area contributed by atoms with Crippen LogP contribution in [0.5, 0.6) is 5.75 Å². The van der Waals surface area contributed by atoms with Gasteiger partial charge in [0.15, 0.2) is 5.78 Å². The molecule has 2 heterocycles. The lowest BCUT2D eigenvalue weighted by Crippen LogP contribution is -2.71. The van der Waals surface area contributed by atoms with Gasteiger partial charge in [-0.2, -0.15) is 0 Å². The van der Waals surface area contributed by atoms with Gasteiger partial charge in [-0.15, -0.1) is 11.6 Å². The van der Waals surface area contributed by atoms with E-state index >= 15 is 0 Å². The molecular formula is C24H29ClN2O4. The minimum absolute atomic E-state index is 0.0216. The maximum Gasteiger partial charge on any atom is 0.252 e. The second-order valence-corrected chi connectivity index (χ2v) is 11.2.